The van der Waals surface area contributed by atoms with Crippen LogP contribution < -0.4 is 16.6 Å². The second-order valence-corrected chi connectivity index (χ2v) is 4.22. The minimum absolute atomic E-state index is 0.0514. The number of hydrogen-bond donors (Lipinski definition) is 3. The molecule has 0 bridgehead atoms. The van der Waals surface area contributed by atoms with Gasteiger partial charge in [0.2, 0.25) is 0 Å². The number of nitrogens with two attached hydrogens (primary N) is 1. The van der Waals surface area contributed by atoms with Gasteiger partial charge >= 0.3 is 0 Å². The summed E-state index contributed by atoms with van der Waals surface area (Å²) in [6.45, 7) is 1.91. The molecule has 2 aromatic rings. The van der Waals surface area contributed by atoms with Crippen LogP contribution in [0.4, 0.5) is 5.69 Å². The van der Waals surface area contributed by atoms with Crippen molar-refractivity contribution in [3.63, 3.8) is 0 Å². The maximum atomic E-state index is 12.1. The van der Waals surface area contributed by atoms with Crippen LogP contribution in [0.15, 0.2) is 41.3 Å². The normalized spacial score (nSPS) is 11.9. The van der Waals surface area contributed by atoms with Gasteiger partial charge in [-0.25, -0.2) is 0 Å². The van der Waals surface area contributed by atoms with Crippen LogP contribution in [-0.2, 0) is 6.42 Å². The predicted molar refractivity (Wildman–Crippen MR) is 71.4 cm³/mol. The highest BCUT2D eigenvalue weighted by Crippen LogP contribution is 2.12. The first-order valence-corrected chi connectivity index (χ1v) is 5.94. The molecule has 19 heavy (non-hydrogen) atoms. The summed E-state index contributed by atoms with van der Waals surface area (Å²) >= 11 is 0. The molecule has 0 radical (unpaired) electrons. The standard InChI is InChI=1S/C13H16N4O2/c1-9(7-10-3-2-6-19-10)16-13(18)11-8-15-5-4-12(11)17-14/h2-6,8-9H,7,14H2,1H3,(H,15,17)(H,16,18). The van der Waals surface area contributed by atoms with Crippen molar-refractivity contribution in [2.24, 2.45) is 5.84 Å². The molecular weight excluding hydrogens is 244 g/mol. The lowest BCUT2D eigenvalue weighted by Crippen LogP contribution is -2.34. The van der Waals surface area contributed by atoms with Crippen LogP contribution in [0.25, 0.3) is 0 Å². The van der Waals surface area contributed by atoms with Crippen molar-refractivity contribution >= 4 is 11.6 Å². The van der Waals surface area contributed by atoms with Crippen LogP contribution in [0.3, 0.4) is 0 Å². The van der Waals surface area contributed by atoms with E-state index >= 15 is 0 Å². The van der Waals surface area contributed by atoms with Gasteiger partial charge in [0.05, 0.1) is 17.5 Å². The molecular formula is C13H16N4O2. The molecule has 2 heterocycles. The first-order chi connectivity index (χ1) is 9.20. The summed E-state index contributed by atoms with van der Waals surface area (Å²) in [5.41, 5.74) is 3.43. The van der Waals surface area contributed by atoms with Gasteiger partial charge in [0.1, 0.15) is 5.76 Å². The topological polar surface area (TPSA) is 93.2 Å². The maximum Gasteiger partial charge on any atom is 0.255 e. The van der Waals surface area contributed by atoms with Crippen LogP contribution >= 0.6 is 0 Å². The second kappa shape index (κ2) is 6.01. The lowest BCUT2D eigenvalue weighted by atomic mass is 10.1. The van der Waals surface area contributed by atoms with Gasteiger partial charge in [0.15, 0.2) is 0 Å². The summed E-state index contributed by atoms with van der Waals surface area (Å²) in [7, 11) is 0. The molecule has 0 aliphatic heterocycles. The van der Waals surface area contributed by atoms with Gasteiger partial charge in [-0.3, -0.25) is 15.6 Å². The molecule has 0 aliphatic carbocycles. The van der Waals surface area contributed by atoms with Crippen LogP contribution in [0.1, 0.15) is 23.0 Å². The molecule has 1 atom stereocenters. The lowest BCUT2D eigenvalue weighted by molar-refractivity contribution is 0.0939. The van der Waals surface area contributed by atoms with Crippen LogP contribution in [0.5, 0.6) is 0 Å². The van der Waals surface area contributed by atoms with Crippen LogP contribution in [0.2, 0.25) is 0 Å². The molecule has 1 amide bonds. The predicted octanol–water partition coefficient (Wildman–Crippen LogP) is 1.32. The van der Waals surface area contributed by atoms with Crippen molar-refractivity contribution in [2.45, 2.75) is 19.4 Å². The number of nitrogen functional groups attached to an aromatic ring is 1. The monoisotopic (exact) mass is 260 g/mol. The molecule has 2 rings (SSSR count). The summed E-state index contributed by atoms with van der Waals surface area (Å²) in [5, 5.41) is 2.87. The van der Waals surface area contributed by atoms with E-state index in [-0.39, 0.29) is 11.9 Å². The molecule has 6 nitrogen and oxygen atoms in total. The Balaban J connectivity index is 2.00. The molecule has 0 fully saturated rings. The molecule has 0 saturated carbocycles. The highest BCUT2D eigenvalue weighted by atomic mass is 16.3. The first-order valence-electron chi connectivity index (χ1n) is 5.94. The fraction of sp³-hybridized carbons (Fsp3) is 0.231. The molecule has 0 spiro atoms. The third-order valence-electron chi connectivity index (χ3n) is 2.69. The van der Waals surface area contributed by atoms with E-state index in [1.165, 1.54) is 6.20 Å². The van der Waals surface area contributed by atoms with E-state index in [4.69, 9.17) is 10.3 Å². The molecule has 0 saturated heterocycles. The van der Waals surface area contributed by atoms with E-state index in [0.717, 1.165) is 5.76 Å². The number of aromatic nitrogens is 1. The van der Waals surface area contributed by atoms with Crippen molar-refractivity contribution in [1.82, 2.24) is 10.3 Å². The number of hydrogen-bond acceptors (Lipinski definition) is 5. The Bertz CT molecular complexity index is 539. The summed E-state index contributed by atoms with van der Waals surface area (Å²) in [5.74, 6) is 5.96. The summed E-state index contributed by atoms with van der Waals surface area (Å²) in [4.78, 5) is 16.0. The zero-order chi connectivity index (χ0) is 13.7. The zero-order valence-corrected chi connectivity index (χ0v) is 10.6. The van der Waals surface area contributed by atoms with Crippen molar-refractivity contribution in [1.29, 1.82) is 0 Å². The minimum atomic E-state index is -0.222. The number of nitrogens with one attached hydrogen (secondary N) is 2. The van der Waals surface area contributed by atoms with E-state index in [2.05, 4.69) is 15.7 Å². The van der Waals surface area contributed by atoms with Crippen molar-refractivity contribution in [3.8, 4) is 0 Å². The van der Waals surface area contributed by atoms with E-state index in [1.807, 2.05) is 19.1 Å². The fourth-order valence-corrected chi connectivity index (χ4v) is 1.78. The quantitative estimate of drug-likeness (QED) is 0.557. The number of nitrogens with zero attached hydrogens (tertiary/aromatic N) is 1. The first kappa shape index (κ1) is 13.1. The van der Waals surface area contributed by atoms with Gasteiger partial charge in [-0.2, -0.15) is 0 Å². The number of hydrazine groups is 1. The Morgan fingerprint density at radius 3 is 3.05 bits per heavy atom. The van der Waals surface area contributed by atoms with E-state index < -0.39 is 0 Å². The smallest absolute Gasteiger partial charge is 0.255 e. The van der Waals surface area contributed by atoms with Crippen LogP contribution in [-0.4, -0.2) is 16.9 Å². The Labute approximate surface area is 111 Å². The van der Waals surface area contributed by atoms with Gasteiger partial charge in [-0.05, 0) is 25.1 Å². The number of amides is 1. The number of carbonyl (C=O) groups is 1. The SMILES string of the molecule is CC(Cc1ccco1)NC(=O)c1cnccc1NN. The number of carbonyl (C=O) groups excluding carboxylic acids is 1. The van der Waals surface area contributed by atoms with E-state index in [0.29, 0.717) is 17.7 Å². The Kier molecular flexibility index (Phi) is 4.15. The van der Waals surface area contributed by atoms with Crippen LogP contribution in [0, 0.1) is 0 Å². The number of anilines is 1. The molecule has 6 heteroatoms. The number of rotatable bonds is 5. The molecule has 1 unspecified atom stereocenters. The minimum Gasteiger partial charge on any atom is -0.469 e. The molecule has 2 aromatic heterocycles. The molecule has 100 valence electrons. The molecule has 4 N–H and O–H groups in total. The third-order valence-corrected chi connectivity index (χ3v) is 2.69. The zero-order valence-electron chi connectivity index (χ0n) is 10.6. The van der Waals surface area contributed by atoms with Gasteiger partial charge in [0, 0.05) is 24.9 Å². The average Bonchev–Trinajstić information content (AvgIpc) is 2.91. The highest BCUT2D eigenvalue weighted by molar-refractivity contribution is 5.99. The van der Waals surface area contributed by atoms with E-state index in [9.17, 15) is 4.79 Å². The Morgan fingerprint density at radius 1 is 1.53 bits per heavy atom. The van der Waals surface area contributed by atoms with Gasteiger partial charge in [-0.15, -0.1) is 0 Å². The number of pyridine rings is 1. The van der Waals surface area contributed by atoms with Gasteiger partial charge in [-0.1, -0.05) is 0 Å². The maximum absolute atomic E-state index is 12.1. The fourth-order valence-electron chi connectivity index (χ4n) is 1.78. The average molecular weight is 260 g/mol. The second-order valence-electron chi connectivity index (χ2n) is 4.22. The molecule has 0 aliphatic rings. The Hall–Kier alpha value is -2.34. The highest BCUT2D eigenvalue weighted by Gasteiger charge is 2.14. The lowest BCUT2D eigenvalue weighted by Gasteiger charge is -2.14. The Morgan fingerprint density at radius 2 is 2.37 bits per heavy atom. The van der Waals surface area contributed by atoms with Crippen molar-refractivity contribution < 1.29 is 9.21 Å². The largest absolute Gasteiger partial charge is 0.469 e. The van der Waals surface area contributed by atoms with Crippen molar-refractivity contribution in [3.05, 3.63) is 48.2 Å². The third kappa shape index (κ3) is 3.32. The van der Waals surface area contributed by atoms with E-state index in [1.54, 1.807) is 18.5 Å². The number of furan rings is 1. The van der Waals surface area contributed by atoms with Gasteiger partial charge < -0.3 is 15.2 Å². The summed E-state index contributed by atoms with van der Waals surface area (Å²) in [6, 6.07) is 5.29. The summed E-state index contributed by atoms with van der Waals surface area (Å²) < 4.78 is 5.24. The summed E-state index contributed by atoms with van der Waals surface area (Å²) in [6.07, 6.45) is 5.29. The molecule has 0 aromatic carbocycles. The van der Waals surface area contributed by atoms with Gasteiger partial charge in [0.25, 0.3) is 5.91 Å². The van der Waals surface area contributed by atoms with Crippen molar-refractivity contribution in [2.75, 3.05) is 5.43 Å².